The Balaban J connectivity index is 2.05. The molecule has 0 N–H and O–H groups in total. The fraction of sp³-hybridized carbons (Fsp3) is 0.545. The van der Waals surface area contributed by atoms with Gasteiger partial charge in [0, 0.05) is 31.9 Å². The van der Waals surface area contributed by atoms with Gasteiger partial charge in [0.1, 0.15) is 5.82 Å². The molecule has 1 fully saturated rings. The molecule has 3 nitrogen and oxygen atoms in total. The zero-order chi connectivity index (χ0) is 11.4. The van der Waals surface area contributed by atoms with Gasteiger partial charge in [0.15, 0.2) is 0 Å². The summed E-state index contributed by atoms with van der Waals surface area (Å²) in [6.07, 6.45) is 0. The number of pyridine rings is 1. The van der Waals surface area contributed by atoms with Crippen LogP contribution < -0.4 is 4.90 Å². The Hall–Kier alpha value is -0.390. The van der Waals surface area contributed by atoms with Crippen LogP contribution in [0.25, 0.3) is 0 Å². The zero-order valence-electron chi connectivity index (χ0n) is 9.46. The maximum atomic E-state index is 4.65. The first-order chi connectivity index (χ1) is 7.79. The van der Waals surface area contributed by atoms with Crippen molar-refractivity contribution >= 4 is 28.3 Å². The van der Waals surface area contributed by atoms with Gasteiger partial charge in [-0.3, -0.25) is 0 Å². The van der Waals surface area contributed by atoms with E-state index in [4.69, 9.17) is 0 Å². The van der Waals surface area contributed by atoms with Crippen LogP contribution in [0.2, 0.25) is 0 Å². The number of hydrogen-bond acceptors (Lipinski definition) is 5. The first-order valence-electron chi connectivity index (χ1n) is 5.45. The molecule has 1 saturated heterocycles. The van der Waals surface area contributed by atoms with Crippen LogP contribution in [0.5, 0.6) is 0 Å². The van der Waals surface area contributed by atoms with Crippen LogP contribution in [-0.2, 0) is 5.75 Å². The van der Waals surface area contributed by atoms with Crippen LogP contribution in [0, 0.1) is 0 Å². The van der Waals surface area contributed by atoms with Gasteiger partial charge in [0.05, 0.1) is 5.69 Å². The normalized spacial score (nSPS) is 17.8. The van der Waals surface area contributed by atoms with Crippen LogP contribution in [-0.4, -0.2) is 43.1 Å². The molecule has 0 atom stereocenters. The molecular formula is C11H17N3S2. The number of aromatic nitrogens is 1. The van der Waals surface area contributed by atoms with Crippen molar-refractivity contribution in [3.63, 3.8) is 0 Å². The third-order valence-electron chi connectivity index (χ3n) is 2.83. The van der Waals surface area contributed by atoms with Crippen molar-refractivity contribution in [1.82, 2.24) is 9.88 Å². The summed E-state index contributed by atoms with van der Waals surface area (Å²) in [7, 11) is 3.68. The van der Waals surface area contributed by atoms with Crippen molar-refractivity contribution in [2.45, 2.75) is 5.75 Å². The van der Waals surface area contributed by atoms with Gasteiger partial charge in [-0.05, 0) is 19.2 Å². The molecule has 2 heterocycles. The first kappa shape index (κ1) is 12.1. The van der Waals surface area contributed by atoms with Crippen molar-refractivity contribution in [2.75, 3.05) is 38.1 Å². The lowest BCUT2D eigenvalue weighted by atomic mass is 10.3. The average Bonchev–Trinajstić information content (AvgIpc) is 2.31. The second kappa shape index (κ2) is 5.80. The number of piperazine rings is 1. The molecule has 0 aliphatic carbocycles. The fourth-order valence-corrected chi connectivity index (χ4v) is 2.51. The third kappa shape index (κ3) is 3.06. The van der Waals surface area contributed by atoms with E-state index >= 15 is 0 Å². The van der Waals surface area contributed by atoms with E-state index in [0.717, 1.165) is 43.4 Å². The molecule has 2 rings (SSSR count). The summed E-state index contributed by atoms with van der Waals surface area (Å²) in [6.45, 7) is 4.38. The maximum absolute atomic E-state index is 4.65. The lowest BCUT2D eigenvalue weighted by Gasteiger charge is -2.33. The molecule has 0 amide bonds. The van der Waals surface area contributed by atoms with Gasteiger partial charge in [-0.1, -0.05) is 16.9 Å². The van der Waals surface area contributed by atoms with Gasteiger partial charge in [0.25, 0.3) is 0 Å². The molecule has 1 aliphatic heterocycles. The Bertz CT molecular complexity index is 338. The van der Waals surface area contributed by atoms with E-state index in [1.165, 1.54) is 10.8 Å². The van der Waals surface area contributed by atoms with Gasteiger partial charge < -0.3 is 9.80 Å². The van der Waals surface area contributed by atoms with Crippen molar-refractivity contribution in [1.29, 1.82) is 0 Å². The number of nitrogens with zero attached hydrogens (tertiary/aromatic N) is 3. The molecule has 1 aliphatic rings. The molecule has 5 heteroatoms. The fourth-order valence-electron chi connectivity index (χ4n) is 1.83. The van der Waals surface area contributed by atoms with Crippen LogP contribution >= 0.6 is 22.5 Å². The SMILES string of the molecule is CN1CCN(c2cccc(CSS)n2)CC1. The number of anilines is 1. The minimum Gasteiger partial charge on any atom is -0.354 e. The van der Waals surface area contributed by atoms with Gasteiger partial charge >= 0.3 is 0 Å². The molecule has 0 spiro atoms. The van der Waals surface area contributed by atoms with E-state index in [9.17, 15) is 0 Å². The molecule has 1 aromatic rings. The number of rotatable bonds is 3. The van der Waals surface area contributed by atoms with Crippen molar-refractivity contribution in [2.24, 2.45) is 0 Å². The summed E-state index contributed by atoms with van der Waals surface area (Å²) in [5, 5.41) is 0. The topological polar surface area (TPSA) is 19.4 Å². The molecule has 0 aromatic carbocycles. The highest BCUT2D eigenvalue weighted by Gasteiger charge is 2.15. The van der Waals surface area contributed by atoms with Crippen molar-refractivity contribution < 1.29 is 0 Å². The number of thiol groups is 1. The van der Waals surface area contributed by atoms with Crippen molar-refractivity contribution in [3.8, 4) is 0 Å². The number of hydrogen-bond donors (Lipinski definition) is 1. The van der Waals surface area contributed by atoms with E-state index in [0.29, 0.717) is 0 Å². The van der Waals surface area contributed by atoms with Crippen LogP contribution in [0.1, 0.15) is 5.69 Å². The summed E-state index contributed by atoms with van der Waals surface area (Å²) in [5.41, 5.74) is 1.11. The van der Waals surface area contributed by atoms with Gasteiger partial charge in [-0.15, -0.1) is 11.7 Å². The first-order valence-corrected chi connectivity index (χ1v) is 7.49. The van der Waals surface area contributed by atoms with E-state index in [1.54, 1.807) is 0 Å². The summed E-state index contributed by atoms with van der Waals surface area (Å²) < 4.78 is 0. The molecule has 0 unspecified atom stereocenters. The highest BCUT2D eigenvalue weighted by molar-refractivity contribution is 8.68. The van der Waals surface area contributed by atoms with E-state index < -0.39 is 0 Å². The third-order valence-corrected chi connectivity index (χ3v) is 3.64. The van der Waals surface area contributed by atoms with Crippen LogP contribution in [0.3, 0.4) is 0 Å². The molecule has 88 valence electrons. The molecule has 0 bridgehead atoms. The summed E-state index contributed by atoms with van der Waals surface area (Å²) >= 11 is 4.16. The average molecular weight is 255 g/mol. The quantitative estimate of drug-likeness (QED) is 0.657. The molecule has 1 aromatic heterocycles. The van der Waals surface area contributed by atoms with E-state index in [-0.39, 0.29) is 0 Å². The monoisotopic (exact) mass is 255 g/mol. The second-order valence-electron chi connectivity index (χ2n) is 4.05. The van der Waals surface area contributed by atoms with Gasteiger partial charge in [0.2, 0.25) is 0 Å². The second-order valence-corrected chi connectivity index (χ2v) is 5.37. The minimum atomic E-state index is 0.866. The predicted octanol–water partition coefficient (Wildman–Crippen LogP) is 1.91. The molecule has 16 heavy (non-hydrogen) atoms. The lowest BCUT2D eigenvalue weighted by Crippen LogP contribution is -2.44. The Morgan fingerprint density at radius 2 is 2.06 bits per heavy atom. The smallest absolute Gasteiger partial charge is 0.128 e. The lowest BCUT2D eigenvalue weighted by molar-refractivity contribution is 0.312. The molecule has 0 radical (unpaired) electrons. The number of likely N-dealkylation sites (N-methyl/N-ethyl adjacent to an activating group) is 1. The van der Waals surface area contributed by atoms with Gasteiger partial charge in [-0.25, -0.2) is 4.98 Å². The van der Waals surface area contributed by atoms with E-state index in [2.05, 4.69) is 51.7 Å². The molecular weight excluding hydrogens is 238 g/mol. The molecule has 0 saturated carbocycles. The standard InChI is InChI=1S/C11H17N3S2/c1-13-5-7-14(8-6-13)11-4-2-3-10(12-11)9-16-15/h2-4,15H,5-9H2,1H3. The van der Waals surface area contributed by atoms with Crippen LogP contribution in [0.15, 0.2) is 18.2 Å². The summed E-state index contributed by atoms with van der Waals surface area (Å²) in [5.74, 6) is 1.97. The highest BCUT2D eigenvalue weighted by Crippen LogP contribution is 2.18. The Kier molecular flexibility index (Phi) is 4.37. The zero-order valence-corrected chi connectivity index (χ0v) is 11.2. The minimum absolute atomic E-state index is 0.866. The largest absolute Gasteiger partial charge is 0.354 e. The van der Waals surface area contributed by atoms with Crippen LogP contribution in [0.4, 0.5) is 5.82 Å². The van der Waals surface area contributed by atoms with Crippen molar-refractivity contribution in [3.05, 3.63) is 23.9 Å². The Morgan fingerprint density at radius 3 is 2.75 bits per heavy atom. The summed E-state index contributed by atoms with van der Waals surface area (Å²) in [6, 6.07) is 6.24. The predicted molar refractivity (Wildman–Crippen MR) is 74.2 cm³/mol. The highest BCUT2D eigenvalue weighted by atomic mass is 33.1. The summed E-state index contributed by atoms with van der Waals surface area (Å²) in [4.78, 5) is 9.35. The van der Waals surface area contributed by atoms with E-state index in [1.807, 2.05) is 0 Å². The Morgan fingerprint density at radius 1 is 1.31 bits per heavy atom. The van der Waals surface area contributed by atoms with Gasteiger partial charge in [-0.2, -0.15) is 0 Å². The maximum Gasteiger partial charge on any atom is 0.128 e. The Labute approximate surface area is 106 Å².